The van der Waals surface area contributed by atoms with E-state index < -0.39 is 12.2 Å². The van der Waals surface area contributed by atoms with Crippen molar-refractivity contribution in [1.29, 1.82) is 0 Å². The topological polar surface area (TPSA) is 60.7 Å². The van der Waals surface area contributed by atoms with E-state index in [1.165, 1.54) is 5.57 Å². The third kappa shape index (κ3) is 1.85. The van der Waals surface area contributed by atoms with Crippen LogP contribution in [0.15, 0.2) is 11.6 Å². The van der Waals surface area contributed by atoms with E-state index in [-0.39, 0.29) is 16.9 Å². The second-order valence-corrected chi connectivity index (χ2v) is 8.95. The highest BCUT2D eigenvalue weighted by atomic mass is 16.3. The van der Waals surface area contributed by atoms with Crippen molar-refractivity contribution in [2.45, 2.75) is 77.1 Å². The van der Waals surface area contributed by atoms with Crippen molar-refractivity contribution in [2.75, 3.05) is 0 Å². The summed E-state index contributed by atoms with van der Waals surface area (Å²) in [6, 6.07) is 0. The number of aliphatic hydroxyl groups excluding tert-OH is 3. The Morgan fingerprint density at radius 1 is 1.05 bits per heavy atom. The van der Waals surface area contributed by atoms with Gasteiger partial charge in [-0.25, -0.2) is 0 Å². The molecule has 0 bridgehead atoms. The summed E-state index contributed by atoms with van der Waals surface area (Å²) in [4.78, 5) is 0. The minimum Gasteiger partial charge on any atom is -0.393 e. The van der Waals surface area contributed by atoms with Crippen LogP contribution in [-0.2, 0) is 0 Å². The molecule has 0 saturated heterocycles. The molecule has 4 aliphatic carbocycles. The van der Waals surface area contributed by atoms with Crippen LogP contribution in [0.5, 0.6) is 0 Å². The Balaban J connectivity index is 1.68. The molecule has 0 amide bonds. The van der Waals surface area contributed by atoms with Crippen LogP contribution in [-0.4, -0.2) is 33.6 Å². The molecule has 4 rings (SSSR count). The molecule has 3 saturated carbocycles. The summed E-state index contributed by atoms with van der Waals surface area (Å²) < 4.78 is 0. The van der Waals surface area contributed by atoms with Crippen molar-refractivity contribution in [3.05, 3.63) is 11.6 Å². The van der Waals surface area contributed by atoms with Gasteiger partial charge in [-0.15, -0.1) is 0 Å². The van der Waals surface area contributed by atoms with E-state index in [1.54, 1.807) is 0 Å². The SMILES string of the molecule is C[C@]12CC[C@H]3[C@@H](CC=C4C[C@@H](O)CC[C@@]43C)[C@@H]1C[C@@H](O)[C@@H]2O. The molecule has 0 aliphatic heterocycles. The second-order valence-electron chi connectivity index (χ2n) is 8.95. The van der Waals surface area contributed by atoms with Gasteiger partial charge in [0.15, 0.2) is 0 Å². The van der Waals surface area contributed by atoms with Gasteiger partial charge in [-0.1, -0.05) is 25.5 Å². The van der Waals surface area contributed by atoms with Gasteiger partial charge < -0.3 is 15.3 Å². The van der Waals surface area contributed by atoms with Gasteiger partial charge in [-0.05, 0) is 73.5 Å². The number of hydrogen-bond acceptors (Lipinski definition) is 3. The lowest BCUT2D eigenvalue weighted by Crippen LogP contribution is -2.51. The van der Waals surface area contributed by atoms with E-state index >= 15 is 0 Å². The zero-order valence-electron chi connectivity index (χ0n) is 13.8. The largest absolute Gasteiger partial charge is 0.393 e. The summed E-state index contributed by atoms with van der Waals surface area (Å²) in [6.07, 6.45) is 8.04. The smallest absolute Gasteiger partial charge is 0.0855 e. The van der Waals surface area contributed by atoms with E-state index in [4.69, 9.17) is 0 Å². The third-order valence-electron chi connectivity index (χ3n) is 8.05. The normalized spacial score (nSPS) is 57.6. The van der Waals surface area contributed by atoms with E-state index in [9.17, 15) is 15.3 Å². The fourth-order valence-electron chi connectivity index (χ4n) is 6.63. The summed E-state index contributed by atoms with van der Waals surface area (Å²) in [6.45, 7) is 4.60. The first-order chi connectivity index (χ1) is 10.4. The van der Waals surface area contributed by atoms with Crippen LogP contribution >= 0.6 is 0 Å². The summed E-state index contributed by atoms with van der Waals surface area (Å²) in [5, 5.41) is 30.7. The van der Waals surface area contributed by atoms with E-state index in [0.29, 0.717) is 17.8 Å². The molecule has 0 unspecified atom stereocenters. The van der Waals surface area contributed by atoms with Gasteiger partial charge in [-0.3, -0.25) is 0 Å². The van der Waals surface area contributed by atoms with Crippen molar-refractivity contribution in [3.63, 3.8) is 0 Å². The van der Waals surface area contributed by atoms with Crippen molar-refractivity contribution in [3.8, 4) is 0 Å². The minimum atomic E-state index is -0.551. The van der Waals surface area contributed by atoms with Crippen LogP contribution in [0.1, 0.15) is 58.8 Å². The Bertz CT molecular complexity index is 501. The fraction of sp³-hybridized carbons (Fsp3) is 0.895. The molecule has 3 fully saturated rings. The van der Waals surface area contributed by atoms with Crippen LogP contribution < -0.4 is 0 Å². The number of rotatable bonds is 0. The van der Waals surface area contributed by atoms with Crippen LogP contribution in [0.25, 0.3) is 0 Å². The molecular formula is C19H30O3. The molecule has 3 heteroatoms. The van der Waals surface area contributed by atoms with E-state index in [1.807, 2.05) is 0 Å². The zero-order valence-corrected chi connectivity index (χ0v) is 13.8. The molecule has 0 spiro atoms. The van der Waals surface area contributed by atoms with Gasteiger partial charge in [0.1, 0.15) is 0 Å². The molecule has 22 heavy (non-hydrogen) atoms. The fourth-order valence-corrected chi connectivity index (χ4v) is 6.63. The van der Waals surface area contributed by atoms with Crippen LogP contribution in [0.4, 0.5) is 0 Å². The van der Waals surface area contributed by atoms with Gasteiger partial charge >= 0.3 is 0 Å². The van der Waals surface area contributed by atoms with Gasteiger partial charge in [0.2, 0.25) is 0 Å². The number of aliphatic hydroxyl groups is 3. The number of fused-ring (bicyclic) bond motifs is 5. The third-order valence-corrected chi connectivity index (χ3v) is 8.05. The molecule has 3 N–H and O–H groups in total. The maximum absolute atomic E-state index is 10.5. The zero-order chi connectivity index (χ0) is 15.7. The van der Waals surface area contributed by atoms with Gasteiger partial charge in [0.05, 0.1) is 18.3 Å². The van der Waals surface area contributed by atoms with Gasteiger partial charge in [-0.2, -0.15) is 0 Å². The molecule has 4 aliphatic rings. The maximum atomic E-state index is 10.5. The molecule has 8 atom stereocenters. The van der Waals surface area contributed by atoms with Gasteiger partial charge in [0.25, 0.3) is 0 Å². The lowest BCUT2D eigenvalue weighted by Gasteiger charge is -2.57. The Kier molecular flexibility index (Phi) is 3.32. The van der Waals surface area contributed by atoms with E-state index in [2.05, 4.69) is 19.9 Å². The average Bonchev–Trinajstić information content (AvgIpc) is 2.72. The summed E-state index contributed by atoms with van der Waals surface area (Å²) in [5.74, 6) is 1.70. The molecule has 0 aromatic carbocycles. The summed E-state index contributed by atoms with van der Waals surface area (Å²) in [5.41, 5.74) is 1.62. The molecule has 0 radical (unpaired) electrons. The molecule has 124 valence electrons. The predicted molar refractivity (Wildman–Crippen MR) is 85.1 cm³/mol. The Labute approximate surface area is 133 Å². The number of hydrogen-bond donors (Lipinski definition) is 3. The average molecular weight is 306 g/mol. The first-order valence-corrected chi connectivity index (χ1v) is 9.10. The monoisotopic (exact) mass is 306 g/mol. The lowest BCUT2D eigenvalue weighted by molar-refractivity contribution is -0.0817. The second kappa shape index (κ2) is 4.81. The Morgan fingerprint density at radius 3 is 2.59 bits per heavy atom. The van der Waals surface area contributed by atoms with Crippen LogP contribution in [0.2, 0.25) is 0 Å². The summed E-state index contributed by atoms with van der Waals surface area (Å²) >= 11 is 0. The van der Waals surface area contributed by atoms with Crippen molar-refractivity contribution < 1.29 is 15.3 Å². The van der Waals surface area contributed by atoms with Crippen molar-refractivity contribution >= 4 is 0 Å². The molecule has 3 nitrogen and oxygen atoms in total. The Hall–Kier alpha value is -0.380. The van der Waals surface area contributed by atoms with Crippen molar-refractivity contribution in [1.82, 2.24) is 0 Å². The predicted octanol–water partition coefficient (Wildman–Crippen LogP) is 2.64. The highest BCUT2D eigenvalue weighted by molar-refractivity contribution is 5.25. The van der Waals surface area contributed by atoms with Crippen LogP contribution in [0.3, 0.4) is 0 Å². The molecule has 0 heterocycles. The lowest BCUT2D eigenvalue weighted by atomic mass is 9.48. The molecule has 0 aromatic rings. The molecule has 0 aromatic heterocycles. The van der Waals surface area contributed by atoms with E-state index in [0.717, 1.165) is 44.9 Å². The number of allylic oxidation sites excluding steroid dienone is 1. The molecular weight excluding hydrogens is 276 g/mol. The van der Waals surface area contributed by atoms with Gasteiger partial charge in [0, 0.05) is 0 Å². The van der Waals surface area contributed by atoms with Crippen LogP contribution in [0, 0.1) is 28.6 Å². The highest BCUT2D eigenvalue weighted by Crippen LogP contribution is 2.64. The highest BCUT2D eigenvalue weighted by Gasteiger charge is 2.60. The maximum Gasteiger partial charge on any atom is 0.0855 e. The standard InChI is InChI=1S/C19H30O3/c1-18-7-5-12(20)9-11(18)3-4-13-14(18)6-8-19(2)15(13)10-16(21)17(19)22/h3,12-17,20-22H,4-10H2,1-2H3/t12-,13+,14-,15-,16+,17-,18-,19-/m0/s1. The van der Waals surface area contributed by atoms with Crippen molar-refractivity contribution in [2.24, 2.45) is 28.6 Å². The first-order valence-electron chi connectivity index (χ1n) is 9.10. The Morgan fingerprint density at radius 2 is 1.82 bits per heavy atom. The summed E-state index contributed by atoms with van der Waals surface area (Å²) in [7, 11) is 0. The minimum absolute atomic E-state index is 0.101. The quantitative estimate of drug-likeness (QED) is 0.603. The first kappa shape index (κ1) is 15.2.